The summed E-state index contributed by atoms with van der Waals surface area (Å²) >= 11 is 0. The van der Waals surface area contributed by atoms with E-state index in [4.69, 9.17) is 0 Å². The molecule has 1 N–H and O–H groups in total. The Morgan fingerprint density at radius 1 is 0.947 bits per heavy atom. The summed E-state index contributed by atoms with van der Waals surface area (Å²) < 4.78 is 0. The van der Waals surface area contributed by atoms with Crippen LogP contribution in [0.4, 0.5) is 0 Å². The Morgan fingerprint density at radius 3 is 2.11 bits per heavy atom. The van der Waals surface area contributed by atoms with Gasteiger partial charge in [0.1, 0.15) is 0 Å². The standard InChI is InChI=1S/C18H29N/c1-18(2,3)13-15-9-11-16(12-10-15)14-19-17-7-5-4-6-8-17/h9-12,17,19H,4-8,13-14H2,1-3H3. The highest BCUT2D eigenvalue weighted by atomic mass is 14.9. The maximum Gasteiger partial charge on any atom is 0.0208 e. The van der Waals surface area contributed by atoms with Gasteiger partial charge in [-0.3, -0.25) is 0 Å². The van der Waals surface area contributed by atoms with Gasteiger partial charge in [0.15, 0.2) is 0 Å². The highest BCUT2D eigenvalue weighted by Crippen LogP contribution is 2.21. The van der Waals surface area contributed by atoms with Crippen molar-refractivity contribution in [2.75, 3.05) is 0 Å². The van der Waals surface area contributed by atoms with Crippen LogP contribution in [0.5, 0.6) is 0 Å². The predicted molar refractivity (Wildman–Crippen MR) is 83.3 cm³/mol. The van der Waals surface area contributed by atoms with Crippen LogP contribution in [-0.4, -0.2) is 6.04 Å². The molecule has 1 aliphatic rings. The van der Waals surface area contributed by atoms with Crippen LogP contribution in [0.25, 0.3) is 0 Å². The lowest BCUT2D eigenvalue weighted by Crippen LogP contribution is -2.30. The minimum absolute atomic E-state index is 0.377. The second-order valence-corrected chi connectivity index (χ2v) is 7.27. The Morgan fingerprint density at radius 2 is 1.53 bits per heavy atom. The molecule has 0 radical (unpaired) electrons. The molecule has 1 heteroatoms. The zero-order valence-electron chi connectivity index (χ0n) is 12.8. The largest absolute Gasteiger partial charge is 0.310 e. The van der Waals surface area contributed by atoms with Crippen molar-refractivity contribution in [1.82, 2.24) is 5.32 Å². The molecule has 19 heavy (non-hydrogen) atoms. The molecule has 0 unspecified atom stereocenters. The third-order valence-corrected chi connectivity index (χ3v) is 3.96. The van der Waals surface area contributed by atoms with Gasteiger partial charge in [-0.15, -0.1) is 0 Å². The zero-order chi connectivity index (χ0) is 13.7. The molecule has 1 nitrogen and oxygen atoms in total. The van der Waals surface area contributed by atoms with Gasteiger partial charge in [0.05, 0.1) is 0 Å². The Kier molecular flexibility index (Phi) is 5.04. The summed E-state index contributed by atoms with van der Waals surface area (Å²) in [6.07, 6.45) is 8.12. The highest BCUT2D eigenvalue weighted by Gasteiger charge is 2.13. The van der Waals surface area contributed by atoms with Crippen molar-refractivity contribution in [3.63, 3.8) is 0 Å². The zero-order valence-corrected chi connectivity index (χ0v) is 12.8. The predicted octanol–water partition coefficient (Wildman–Crippen LogP) is 4.70. The lowest BCUT2D eigenvalue weighted by molar-refractivity contribution is 0.372. The number of hydrogen-bond acceptors (Lipinski definition) is 1. The summed E-state index contributed by atoms with van der Waals surface area (Å²) in [4.78, 5) is 0. The molecule has 1 aromatic carbocycles. The summed E-state index contributed by atoms with van der Waals surface area (Å²) in [5.74, 6) is 0. The molecule has 1 aliphatic carbocycles. The van der Waals surface area contributed by atoms with E-state index in [0.717, 1.165) is 19.0 Å². The van der Waals surface area contributed by atoms with Crippen LogP contribution < -0.4 is 5.32 Å². The van der Waals surface area contributed by atoms with Gasteiger partial charge in [0.25, 0.3) is 0 Å². The van der Waals surface area contributed by atoms with E-state index in [0.29, 0.717) is 5.41 Å². The first kappa shape index (κ1) is 14.6. The molecule has 0 atom stereocenters. The summed E-state index contributed by atoms with van der Waals surface area (Å²) in [6, 6.07) is 9.92. The monoisotopic (exact) mass is 259 g/mol. The topological polar surface area (TPSA) is 12.0 Å². The van der Waals surface area contributed by atoms with Crippen molar-refractivity contribution in [2.45, 2.75) is 71.9 Å². The fraction of sp³-hybridized carbons (Fsp3) is 0.667. The molecule has 0 saturated heterocycles. The first-order valence-corrected chi connectivity index (χ1v) is 7.84. The van der Waals surface area contributed by atoms with Gasteiger partial charge in [-0.05, 0) is 35.8 Å². The minimum Gasteiger partial charge on any atom is -0.310 e. The van der Waals surface area contributed by atoms with Gasteiger partial charge in [0, 0.05) is 12.6 Å². The molecule has 0 heterocycles. The van der Waals surface area contributed by atoms with Crippen molar-refractivity contribution in [3.05, 3.63) is 35.4 Å². The fourth-order valence-corrected chi connectivity index (χ4v) is 2.96. The van der Waals surface area contributed by atoms with Crippen molar-refractivity contribution in [3.8, 4) is 0 Å². The second-order valence-electron chi connectivity index (χ2n) is 7.27. The van der Waals surface area contributed by atoms with Crippen molar-refractivity contribution >= 4 is 0 Å². The van der Waals surface area contributed by atoms with Gasteiger partial charge in [-0.2, -0.15) is 0 Å². The third kappa shape index (κ3) is 5.36. The first-order valence-electron chi connectivity index (χ1n) is 7.84. The average molecular weight is 259 g/mol. The third-order valence-electron chi connectivity index (χ3n) is 3.96. The molecule has 2 rings (SSSR count). The quantitative estimate of drug-likeness (QED) is 0.826. The van der Waals surface area contributed by atoms with E-state index in [1.54, 1.807) is 0 Å². The normalized spacial score (nSPS) is 17.6. The summed E-state index contributed by atoms with van der Waals surface area (Å²) in [5, 5.41) is 3.71. The Balaban J connectivity index is 1.81. The van der Waals surface area contributed by atoms with Crippen molar-refractivity contribution in [2.24, 2.45) is 5.41 Å². The highest BCUT2D eigenvalue weighted by molar-refractivity contribution is 5.23. The molecule has 1 fully saturated rings. The molecular weight excluding hydrogens is 230 g/mol. The van der Waals surface area contributed by atoms with Crippen LogP contribution in [0.1, 0.15) is 64.0 Å². The van der Waals surface area contributed by atoms with Crippen molar-refractivity contribution in [1.29, 1.82) is 0 Å². The lowest BCUT2D eigenvalue weighted by Gasteiger charge is -2.23. The second kappa shape index (κ2) is 6.56. The van der Waals surface area contributed by atoms with Gasteiger partial charge in [-0.25, -0.2) is 0 Å². The molecule has 0 bridgehead atoms. The first-order chi connectivity index (χ1) is 9.03. The van der Waals surface area contributed by atoms with E-state index in [-0.39, 0.29) is 0 Å². The summed E-state index contributed by atoms with van der Waals surface area (Å²) in [6.45, 7) is 7.92. The molecule has 0 aromatic heterocycles. The maximum atomic E-state index is 3.71. The van der Waals surface area contributed by atoms with E-state index in [9.17, 15) is 0 Å². The molecule has 1 saturated carbocycles. The SMILES string of the molecule is CC(C)(C)Cc1ccc(CNC2CCCCC2)cc1. The van der Waals surface area contributed by atoms with Gasteiger partial charge in [-0.1, -0.05) is 64.3 Å². The Hall–Kier alpha value is -0.820. The van der Waals surface area contributed by atoms with Gasteiger partial charge >= 0.3 is 0 Å². The molecule has 106 valence electrons. The fourth-order valence-electron chi connectivity index (χ4n) is 2.96. The van der Waals surface area contributed by atoms with Crippen LogP contribution in [0.2, 0.25) is 0 Å². The number of hydrogen-bond donors (Lipinski definition) is 1. The molecule has 0 amide bonds. The molecule has 1 aromatic rings. The summed E-state index contributed by atoms with van der Waals surface area (Å²) in [7, 11) is 0. The maximum absolute atomic E-state index is 3.71. The van der Waals surface area contributed by atoms with Gasteiger partial charge < -0.3 is 5.32 Å². The van der Waals surface area contributed by atoms with Crippen LogP contribution >= 0.6 is 0 Å². The van der Waals surface area contributed by atoms with E-state index < -0.39 is 0 Å². The van der Waals surface area contributed by atoms with Crippen LogP contribution in [0.3, 0.4) is 0 Å². The summed E-state index contributed by atoms with van der Waals surface area (Å²) in [5.41, 5.74) is 3.25. The molecular formula is C18H29N. The number of rotatable bonds is 4. The van der Waals surface area contributed by atoms with Crippen LogP contribution in [-0.2, 0) is 13.0 Å². The smallest absolute Gasteiger partial charge is 0.0208 e. The van der Waals surface area contributed by atoms with E-state index in [1.807, 2.05) is 0 Å². The van der Waals surface area contributed by atoms with E-state index in [2.05, 4.69) is 50.4 Å². The Labute approximate surface area is 118 Å². The molecule has 0 spiro atoms. The average Bonchev–Trinajstić information content (AvgIpc) is 2.37. The van der Waals surface area contributed by atoms with E-state index >= 15 is 0 Å². The van der Waals surface area contributed by atoms with Crippen molar-refractivity contribution < 1.29 is 0 Å². The Bertz CT molecular complexity index is 366. The van der Waals surface area contributed by atoms with Gasteiger partial charge in [0.2, 0.25) is 0 Å². The molecule has 0 aliphatic heterocycles. The minimum atomic E-state index is 0.377. The lowest BCUT2D eigenvalue weighted by atomic mass is 9.88. The number of benzene rings is 1. The number of nitrogens with one attached hydrogen (secondary N) is 1. The van der Waals surface area contributed by atoms with Crippen LogP contribution in [0, 0.1) is 5.41 Å². The van der Waals surface area contributed by atoms with Crippen LogP contribution in [0.15, 0.2) is 24.3 Å². The van der Waals surface area contributed by atoms with E-state index in [1.165, 1.54) is 43.2 Å².